The molecule has 0 saturated carbocycles. The Labute approximate surface area is 126 Å². The van der Waals surface area contributed by atoms with Crippen molar-refractivity contribution in [3.8, 4) is 0 Å². The van der Waals surface area contributed by atoms with Crippen LogP contribution in [0, 0.1) is 0 Å². The summed E-state index contributed by atoms with van der Waals surface area (Å²) >= 11 is 1.80. The van der Waals surface area contributed by atoms with E-state index in [4.69, 9.17) is 0 Å². The summed E-state index contributed by atoms with van der Waals surface area (Å²) in [6.45, 7) is 5.26. The molecule has 2 nitrogen and oxygen atoms in total. The maximum Gasteiger partial charge on any atom is 0.0925 e. The van der Waals surface area contributed by atoms with Crippen LogP contribution in [0.1, 0.15) is 48.6 Å². The van der Waals surface area contributed by atoms with E-state index in [2.05, 4.69) is 48.4 Å². The molecule has 1 N–H and O–H groups in total. The summed E-state index contributed by atoms with van der Waals surface area (Å²) in [5, 5.41) is 4.68. The van der Waals surface area contributed by atoms with Crippen LogP contribution in [0.2, 0.25) is 0 Å². The Kier molecular flexibility index (Phi) is 6.06. The fourth-order valence-corrected chi connectivity index (χ4v) is 2.95. The molecule has 0 radical (unpaired) electrons. The lowest BCUT2D eigenvalue weighted by atomic mass is 10.1. The first-order chi connectivity index (χ1) is 9.81. The predicted molar refractivity (Wildman–Crippen MR) is 88.5 cm³/mol. The van der Waals surface area contributed by atoms with E-state index >= 15 is 0 Å². The molecule has 0 saturated heterocycles. The van der Waals surface area contributed by atoms with Gasteiger partial charge in [0, 0.05) is 16.8 Å². The topological polar surface area (TPSA) is 24.9 Å². The summed E-state index contributed by atoms with van der Waals surface area (Å²) < 4.78 is 0. The van der Waals surface area contributed by atoms with Crippen LogP contribution in [0.3, 0.4) is 0 Å². The molecule has 1 aromatic heterocycles. The molecule has 108 valence electrons. The lowest BCUT2D eigenvalue weighted by Gasteiger charge is -2.06. The number of nitrogens with one attached hydrogen (secondary N) is 1. The van der Waals surface area contributed by atoms with Gasteiger partial charge in [0.05, 0.1) is 11.6 Å². The third kappa shape index (κ3) is 4.64. The molecule has 2 aromatic rings. The number of hydrogen-bond acceptors (Lipinski definition) is 3. The SMILES string of the molecule is CCCCCc1ccc(NCc2cnc(CC)s2)cc1. The average molecular weight is 288 g/mol. The van der Waals surface area contributed by atoms with Crippen molar-refractivity contribution in [2.75, 3.05) is 5.32 Å². The van der Waals surface area contributed by atoms with E-state index in [0.717, 1.165) is 13.0 Å². The first kappa shape index (κ1) is 15.0. The molecule has 3 heteroatoms. The van der Waals surface area contributed by atoms with Gasteiger partial charge < -0.3 is 5.32 Å². The summed E-state index contributed by atoms with van der Waals surface area (Å²) in [4.78, 5) is 5.68. The normalized spacial score (nSPS) is 10.7. The number of nitrogens with zero attached hydrogens (tertiary/aromatic N) is 1. The molecule has 1 aromatic carbocycles. The van der Waals surface area contributed by atoms with Crippen molar-refractivity contribution in [2.45, 2.75) is 52.5 Å². The highest BCUT2D eigenvalue weighted by molar-refractivity contribution is 7.11. The number of aryl methyl sites for hydroxylation is 2. The van der Waals surface area contributed by atoms with Crippen molar-refractivity contribution in [3.05, 3.63) is 45.9 Å². The quantitative estimate of drug-likeness (QED) is 0.687. The van der Waals surface area contributed by atoms with Crippen molar-refractivity contribution >= 4 is 17.0 Å². The van der Waals surface area contributed by atoms with Crippen LogP contribution in [0.15, 0.2) is 30.5 Å². The first-order valence-electron chi connectivity index (χ1n) is 7.58. The van der Waals surface area contributed by atoms with Gasteiger partial charge in [-0.25, -0.2) is 4.98 Å². The summed E-state index contributed by atoms with van der Waals surface area (Å²) in [6.07, 6.45) is 8.11. The Morgan fingerprint density at radius 2 is 1.90 bits per heavy atom. The van der Waals surface area contributed by atoms with E-state index in [0.29, 0.717) is 0 Å². The van der Waals surface area contributed by atoms with Crippen LogP contribution in [0.5, 0.6) is 0 Å². The second kappa shape index (κ2) is 8.05. The zero-order valence-electron chi connectivity index (χ0n) is 12.5. The van der Waals surface area contributed by atoms with Gasteiger partial charge in [-0.1, -0.05) is 38.8 Å². The molecule has 2 rings (SSSR count). The summed E-state index contributed by atoms with van der Waals surface area (Å²) in [6, 6.07) is 8.84. The molecule has 0 fully saturated rings. The highest BCUT2D eigenvalue weighted by Gasteiger charge is 2.00. The lowest BCUT2D eigenvalue weighted by Crippen LogP contribution is -1.97. The van der Waals surface area contributed by atoms with Gasteiger partial charge in [0.15, 0.2) is 0 Å². The molecule has 0 spiro atoms. The Bertz CT molecular complexity index is 502. The Morgan fingerprint density at radius 1 is 1.10 bits per heavy atom. The van der Waals surface area contributed by atoms with Crippen LogP contribution in [-0.4, -0.2) is 4.98 Å². The van der Waals surface area contributed by atoms with Gasteiger partial charge in [-0.05, 0) is 37.0 Å². The Morgan fingerprint density at radius 3 is 2.55 bits per heavy atom. The predicted octanol–water partition coefficient (Wildman–Crippen LogP) is 5.05. The summed E-state index contributed by atoms with van der Waals surface area (Å²) in [7, 11) is 0. The van der Waals surface area contributed by atoms with Crippen LogP contribution in [0.4, 0.5) is 5.69 Å². The molecule has 0 aliphatic rings. The Balaban J connectivity index is 1.81. The minimum absolute atomic E-state index is 0.868. The molecule has 0 atom stereocenters. The largest absolute Gasteiger partial charge is 0.380 e. The van der Waals surface area contributed by atoms with Crippen molar-refractivity contribution in [2.24, 2.45) is 0 Å². The highest BCUT2D eigenvalue weighted by atomic mass is 32.1. The van der Waals surface area contributed by atoms with E-state index in [9.17, 15) is 0 Å². The average Bonchev–Trinajstić information content (AvgIpc) is 2.95. The standard InChI is InChI=1S/C17H24N2S/c1-3-5-6-7-14-8-10-15(11-9-14)18-12-16-13-19-17(4-2)20-16/h8-11,13,18H,3-7,12H2,1-2H3. The third-order valence-electron chi connectivity index (χ3n) is 3.39. The van der Waals surface area contributed by atoms with Gasteiger partial charge >= 0.3 is 0 Å². The molecule has 1 heterocycles. The maximum absolute atomic E-state index is 4.38. The molecule has 0 aliphatic heterocycles. The smallest absolute Gasteiger partial charge is 0.0925 e. The minimum Gasteiger partial charge on any atom is -0.380 e. The first-order valence-corrected chi connectivity index (χ1v) is 8.40. The van der Waals surface area contributed by atoms with Crippen molar-refractivity contribution < 1.29 is 0 Å². The lowest BCUT2D eigenvalue weighted by molar-refractivity contribution is 0.717. The van der Waals surface area contributed by atoms with Crippen LogP contribution in [0.25, 0.3) is 0 Å². The van der Waals surface area contributed by atoms with Crippen molar-refractivity contribution in [1.29, 1.82) is 0 Å². The van der Waals surface area contributed by atoms with E-state index < -0.39 is 0 Å². The molecule has 0 amide bonds. The van der Waals surface area contributed by atoms with E-state index in [-0.39, 0.29) is 0 Å². The molecule has 0 bridgehead atoms. The van der Waals surface area contributed by atoms with Gasteiger partial charge in [-0.3, -0.25) is 0 Å². The van der Waals surface area contributed by atoms with Crippen LogP contribution < -0.4 is 5.32 Å². The molecule has 0 unspecified atom stereocenters. The highest BCUT2D eigenvalue weighted by Crippen LogP contribution is 2.17. The number of unbranched alkanes of at least 4 members (excludes halogenated alkanes) is 2. The monoisotopic (exact) mass is 288 g/mol. The molecular formula is C17H24N2S. The van der Waals surface area contributed by atoms with Gasteiger partial charge in [-0.15, -0.1) is 11.3 Å². The number of rotatable bonds is 8. The maximum atomic E-state index is 4.38. The van der Waals surface area contributed by atoms with E-state index in [1.807, 2.05) is 6.20 Å². The summed E-state index contributed by atoms with van der Waals surface area (Å²) in [5.74, 6) is 0. The number of anilines is 1. The van der Waals surface area contributed by atoms with Crippen molar-refractivity contribution in [1.82, 2.24) is 4.98 Å². The number of benzene rings is 1. The molecule has 20 heavy (non-hydrogen) atoms. The van der Waals surface area contributed by atoms with Crippen molar-refractivity contribution in [3.63, 3.8) is 0 Å². The summed E-state index contributed by atoms with van der Waals surface area (Å²) in [5.41, 5.74) is 2.63. The third-order valence-corrected chi connectivity index (χ3v) is 4.54. The van der Waals surface area contributed by atoms with E-state index in [1.165, 1.54) is 46.8 Å². The van der Waals surface area contributed by atoms with Gasteiger partial charge in [-0.2, -0.15) is 0 Å². The Hall–Kier alpha value is -1.35. The van der Waals surface area contributed by atoms with Gasteiger partial charge in [0.25, 0.3) is 0 Å². The fourth-order valence-electron chi connectivity index (χ4n) is 2.15. The number of hydrogen-bond donors (Lipinski definition) is 1. The van der Waals surface area contributed by atoms with Gasteiger partial charge in [0.2, 0.25) is 0 Å². The van der Waals surface area contributed by atoms with E-state index in [1.54, 1.807) is 11.3 Å². The minimum atomic E-state index is 0.868. The second-order valence-electron chi connectivity index (χ2n) is 5.08. The fraction of sp³-hybridized carbons (Fsp3) is 0.471. The van der Waals surface area contributed by atoms with Gasteiger partial charge in [0.1, 0.15) is 0 Å². The van der Waals surface area contributed by atoms with Crippen LogP contribution >= 0.6 is 11.3 Å². The zero-order valence-corrected chi connectivity index (χ0v) is 13.3. The molecular weight excluding hydrogens is 264 g/mol. The molecule has 0 aliphatic carbocycles. The zero-order chi connectivity index (χ0) is 14.2. The second-order valence-corrected chi connectivity index (χ2v) is 6.28. The van der Waals surface area contributed by atoms with Crippen LogP contribution in [-0.2, 0) is 19.4 Å². The number of thiazole rings is 1. The number of aromatic nitrogens is 1.